The monoisotopic (exact) mass is 605 g/mol. The largest absolute Gasteiger partial charge is 0.497 e. The molecule has 11 heteroatoms. The van der Waals surface area contributed by atoms with E-state index in [1.54, 1.807) is 55.6 Å². The zero-order valence-corrected chi connectivity index (χ0v) is 24.4. The molecule has 3 heterocycles. The van der Waals surface area contributed by atoms with Crippen LogP contribution < -0.4 is 19.8 Å². The highest BCUT2D eigenvalue weighted by molar-refractivity contribution is 8.00. The number of aromatic nitrogens is 1. The third-order valence-electron chi connectivity index (χ3n) is 7.25. The predicted molar refractivity (Wildman–Crippen MR) is 160 cm³/mol. The van der Waals surface area contributed by atoms with Crippen molar-refractivity contribution in [2.24, 2.45) is 5.92 Å². The number of ether oxygens (including phenoxy) is 1. The number of thioether (sulfide) groups is 1. The van der Waals surface area contributed by atoms with E-state index in [2.05, 4.69) is 5.32 Å². The zero-order valence-electron chi connectivity index (χ0n) is 22.0. The number of thiazole rings is 1. The van der Waals surface area contributed by atoms with Crippen molar-refractivity contribution in [2.75, 3.05) is 17.3 Å². The Morgan fingerprint density at radius 3 is 2.29 bits per heavy atom. The molecule has 0 radical (unpaired) electrons. The number of nitrogens with zero attached hydrogens (tertiary/aromatic N) is 2. The maximum Gasteiger partial charge on any atom is 0.308 e. The number of amides is 3. The average molecular weight is 606 g/mol. The second-order valence-corrected chi connectivity index (χ2v) is 12.4. The average Bonchev–Trinajstić information content (AvgIpc) is 3.41. The molecule has 3 amide bonds. The van der Waals surface area contributed by atoms with Crippen LogP contribution >= 0.6 is 34.7 Å². The van der Waals surface area contributed by atoms with Crippen molar-refractivity contribution in [1.82, 2.24) is 4.57 Å². The molecule has 1 fully saturated rings. The van der Waals surface area contributed by atoms with Crippen LogP contribution in [0.4, 0.5) is 11.4 Å². The molecule has 2 aliphatic rings. The van der Waals surface area contributed by atoms with Crippen LogP contribution in [0.25, 0.3) is 0 Å². The Morgan fingerprint density at radius 1 is 0.951 bits per heavy atom. The molecule has 0 saturated carbocycles. The van der Waals surface area contributed by atoms with Gasteiger partial charge >= 0.3 is 4.87 Å². The van der Waals surface area contributed by atoms with Gasteiger partial charge in [0.2, 0.25) is 17.7 Å². The van der Waals surface area contributed by atoms with E-state index >= 15 is 0 Å². The van der Waals surface area contributed by atoms with E-state index in [0.717, 1.165) is 22.5 Å². The van der Waals surface area contributed by atoms with Crippen molar-refractivity contribution >= 4 is 63.8 Å². The smallest absolute Gasteiger partial charge is 0.308 e. The van der Waals surface area contributed by atoms with Gasteiger partial charge in [-0.25, -0.2) is 4.90 Å². The van der Waals surface area contributed by atoms with Gasteiger partial charge in [-0.3, -0.25) is 23.7 Å². The quantitative estimate of drug-likeness (QED) is 0.299. The lowest BCUT2D eigenvalue weighted by atomic mass is 9.83. The molecule has 3 atom stereocenters. The summed E-state index contributed by atoms with van der Waals surface area (Å²) < 4.78 is 6.72. The SMILES string of the molecule is COc1ccc([C@@H]2c3sc(=O)n(CC(=O)Nc4ccc(C)cc4)c3S[C@H]3C(=O)N(c4ccc(Cl)cc4)C(=O)[C@@H]23)cc1. The molecule has 4 aromatic rings. The van der Waals surface area contributed by atoms with Crippen molar-refractivity contribution in [3.63, 3.8) is 0 Å². The summed E-state index contributed by atoms with van der Waals surface area (Å²) in [6, 6.07) is 21.2. The number of carbonyl (C=O) groups is 3. The molecule has 1 saturated heterocycles. The fraction of sp³-hybridized carbons (Fsp3) is 0.200. The van der Waals surface area contributed by atoms with Crippen LogP contribution in [0.5, 0.6) is 5.75 Å². The fourth-order valence-corrected chi connectivity index (χ4v) is 8.15. The number of halogens is 1. The van der Waals surface area contributed by atoms with Gasteiger partial charge in [-0.2, -0.15) is 0 Å². The molecule has 3 aromatic carbocycles. The van der Waals surface area contributed by atoms with Crippen molar-refractivity contribution in [1.29, 1.82) is 0 Å². The second-order valence-electron chi connectivity index (χ2n) is 9.84. The van der Waals surface area contributed by atoms with E-state index in [1.807, 2.05) is 31.2 Å². The first-order valence-corrected chi connectivity index (χ1v) is 14.9. The van der Waals surface area contributed by atoms with Gasteiger partial charge in [-0.1, -0.05) is 64.5 Å². The first kappa shape index (κ1) is 27.3. The van der Waals surface area contributed by atoms with Crippen molar-refractivity contribution in [2.45, 2.75) is 29.7 Å². The predicted octanol–water partition coefficient (Wildman–Crippen LogP) is 5.31. The molecule has 2 aliphatic heterocycles. The minimum Gasteiger partial charge on any atom is -0.497 e. The molecule has 41 heavy (non-hydrogen) atoms. The third kappa shape index (κ3) is 4.96. The number of hydrogen-bond acceptors (Lipinski definition) is 7. The Morgan fingerprint density at radius 2 is 1.63 bits per heavy atom. The molecule has 0 unspecified atom stereocenters. The highest BCUT2D eigenvalue weighted by Crippen LogP contribution is 2.54. The van der Waals surface area contributed by atoms with Crippen molar-refractivity contribution in [3.05, 3.63) is 103 Å². The molecule has 6 rings (SSSR count). The van der Waals surface area contributed by atoms with Crippen LogP contribution in [0.15, 0.2) is 82.6 Å². The summed E-state index contributed by atoms with van der Waals surface area (Å²) in [6.07, 6.45) is 0. The maximum atomic E-state index is 13.9. The lowest BCUT2D eigenvalue weighted by molar-refractivity contribution is -0.122. The summed E-state index contributed by atoms with van der Waals surface area (Å²) in [5.74, 6) is -1.73. The van der Waals surface area contributed by atoms with E-state index in [1.165, 1.54) is 21.2 Å². The number of hydrogen-bond donors (Lipinski definition) is 1. The molecule has 1 aromatic heterocycles. The first-order valence-electron chi connectivity index (χ1n) is 12.8. The van der Waals surface area contributed by atoms with Gasteiger partial charge < -0.3 is 10.1 Å². The van der Waals surface area contributed by atoms with Crippen LogP contribution in [0.2, 0.25) is 5.02 Å². The standard InChI is InChI=1S/C30H24ClN3O5S2/c1-16-3-9-19(10-4-16)32-22(35)15-33-29-26(41-30(33)38)23(17-5-13-21(39-2)14-6-17)24-25(40-29)28(37)34(27(24)36)20-11-7-18(31)8-12-20/h3-14,23-25H,15H2,1-2H3,(H,32,35)/t23-,24-,25+/m0/s1. The van der Waals surface area contributed by atoms with Crippen LogP contribution in [-0.2, 0) is 20.9 Å². The fourth-order valence-electron chi connectivity index (χ4n) is 5.25. The van der Waals surface area contributed by atoms with Crippen molar-refractivity contribution in [3.8, 4) is 5.75 Å². The lowest BCUT2D eigenvalue weighted by Crippen LogP contribution is -2.33. The molecule has 208 valence electrons. The zero-order chi connectivity index (χ0) is 28.8. The van der Waals surface area contributed by atoms with Gasteiger partial charge in [0.1, 0.15) is 17.5 Å². The molecular weight excluding hydrogens is 582 g/mol. The number of benzene rings is 3. The second kappa shape index (κ2) is 10.8. The molecular formula is C30H24ClN3O5S2. The highest BCUT2D eigenvalue weighted by atomic mass is 35.5. The number of methoxy groups -OCH3 is 1. The Kier molecular flexibility index (Phi) is 7.23. The number of imide groups is 1. The van der Waals surface area contributed by atoms with Crippen LogP contribution in [0.1, 0.15) is 21.9 Å². The number of aryl methyl sites for hydroxylation is 1. The normalized spacial score (nSPS) is 19.6. The first-order chi connectivity index (χ1) is 19.7. The van der Waals surface area contributed by atoms with E-state index in [9.17, 15) is 19.2 Å². The summed E-state index contributed by atoms with van der Waals surface area (Å²) in [6.45, 7) is 1.73. The number of nitrogens with one attached hydrogen (secondary N) is 1. The Bertz CT molecular complexity index is 1720. The molecule has 8 nitrogen and oxygen atoms in total. The van der Waals surface area contributed by atoms with E-state index in [-0.39, 0.29) is 29.1 Å². The van der Waals surface area contributed by atoms with Gasteiger partial charge in [0, 0.05) is 21.5 Å². The number of fused-ring (bicyclic) bond motifs is 2. The van der Waals surface area contributed by atoms with Gasteiger partial charge in [0.25, 0.3) is 0 Å². The Labute approximate surface area is 248 Å². The number of carbonyl (C=O) groups excluding carboxylic acids is 3. The van der Waals surface area contributed by atoms with Gasteiger partial charge in [0.15, 0.2) is 0 Å². The summed E-state index contributed by atoms with van der Waals surface area (Å²) in [5, 5.41) is 3.08. The highest BCUT2D eigenvalue weighted by Gasteiger charge is 2.56. The van der Waals surface area contributed by atoms with Crippen molar-refractivity contribution < 1.29 is 19.1 Å². The number of rotatable bonds is 6. The van der Waals surface area contributed by atoms with Crippen LogP contribution in [0.3, 0.4) is 0 Å². The third-order valence-corrected chi connectivity index (χ3v) is 10.1. The van der Waals surface area contributed by atoms with E-state index in [0.29, 0.717) is 32.1 Å². The summed E-state index contributed by atoms with van der Waals surface area (Å²) in [5.41, 5.74) is 2.90. The Hall–Kier alpha value is -3.86. The molecule has 0 aliphatic carbocycles. The minimum absolute atomic E-state index is 0.221. The van der Waals surface area contributed by atoms with Gasteiger partial charge in [-0.05, 0) is 61.0 Å². The van der Waals surface area contributed by atoms with Gasteiger partial charge in [-0.15, -0.1) is 0 Å². The van der Waals surface area contributed by atoms with E-state index in [4.69, 9.17) is 16.3 Å². The molecule has 0 spiro atoms. The lowest BCUT2D eigenvalue weighted by Gasteiger charge is -2.30. The summed E-state index contributed by atoms with van der Waals surface area (Å²) in [4.78, 5) is 55.6. The van der Waals surface area contributed by atoms with Gasteiger partial charge in [0.05, 0.1) is 23.7 Å². The summed E-state index contributed by atoms with van der Waals surface area (Å²) >= 11 is 8.23. The minimum atomic E-state index is -0.779. The maximum absolute atomic E-state index is 13.9. The van der Waals surface area contributed by atoms with Crippen LogP contribution in [0, 0.1) is 12.8 Å². The summed E-state index contributed by atoms with van der Waals surface area (Å²) in [7, 11) is 1.57. The topological polar surface area (TPSA) is 97.7 Å². The molecule has 0 bridgehead atoms. The molecule has 1 N–H and O–H groups in total. The number of anilines is 2. The van der Waals surface area contributed by atoms with Crippen LogP contribution in [-0.4, -0.2) is 34.6 Å². The Balaban J connectivity index is 1.40. The van der Waals surface area contributed by atoms with E-state index < -0.39 is 17.1 Å².